The molecule has 0 aromatic carbocycles. The number of hydrogen-bond donors (Lipinski definition) is 0. The van der Waals surface area contributed by atoms with Gasteiger partial charge in [0.05, 0.1) is 0 Å². The molecule has 0 aliphatic carbocycles. The number of carbonyl (C=O) groups is 3. The van der Waals surface area contributed by atoms with Gasteiger partial charge in [-0.2, -0.15) is 0 Å². The molecular weight excluding hydrogens is 841 g/mol. The van der Waals surface area contributed by atoms with Gasteiger partial charge in [0.15, 0.2) is 6.10 Å². The van der Waals surface area contributed by atoms with Gasteiger partial charge in [0.2, 0.25) is 0 Å². The van der Waals surface area contributed by atoms with E-state index in [1.165, 1.54) is 89.9 Å². The molecule has 0 rings (SSSR count). The van der Waals surface area contributed by atoms with Gasteiger partial charge in [-0.1, -0.05) is 240 Å². The quantitative estimate of drug-likeness (QED) is 0.0262. The van der Waals surface area contributed by atoms with E-state index in [0.29, 0.717) is 19.3 Å². The van der Waals surface area contributed by atoms with E-state index in [9.17, 15) is 14.4 Å². The maximum Gasteiger partial charge on any atom is 0.306 e. The van der Waals surface area contributed by atoms with Crippen LogP contribution in [0.4, 0.5) is 0 Å². The zero-order valence-corrected chi connectivity index (χ0v) is 44.3. The molecule has 388 valence electrons. The number of ether oxygens (including phenoxy) is 3. The van der Waals surface area contributed by atoms with Crippen LogP contribution in [-0.2, 0) is 28.6 Å². The van der Waals surface area contributed by atoms with Gasteiger partial charge in [-0.3, -0.25) is 14.4 Å². The van der Waals surface area contributed by atoms with E-state index in [2.05, 4.69) is 118 Å². The molecule has 1 atom stereocenters. The van der Waals surface area contributed by atoms with Crippen LogP contribution in [0, 0.1) is 0 Å². The van der Waals surface area contributed by atoms with E-state index in [1.54, 1.807) is 0 Å². The molecule has 0 bridgehead atoms. The van der Waals surface area contributed by atoms with E-state index in [4.69, 9.17) is 14.2 Å². The first kappa shape index (κ1) is 64.3. The summed E-state index contributed by atoms with van der Waals surface area (Å²) in [5, 5.41) is 0. The molecule has 0 saturated carbocycles. The Hall–Kier alpha value is -3.67. The number of rotatable bonds is 50. The van der Waals surface area contributed by atoms with Crippen molar-refractivity contribution in [2.45, 2.75) is 264 Å². The summed E-state index contributed by atoms with van der Waals surface area (Å²) in [5.41, 5.74) is 0. The van der Waals surface area contributed by atoms with Gasteiger partial charge in [-0.15, -0.1) is 0 Å². The Balaban J connectivity index is 4.40. The van der Waals surface area contributed by atoms with Crippen LogP contribution in [0.1, 0.15) is 258 Å². The number of esters is 3. The zero-order chi connectivity index (χ0) is 49.3. The van der Waals surface area contributed by atoms with Crippen LogP contribution in [0.15, 0.2) is 97.2 Å². The average Bonchev–Trinajstić information content (AvgIpc) is 3.34. The summed E-state index contributed by atoms with van der Waals surface area (Å²) in [5.74, 6) is -0.918. The third-order valence-electron chi connectivity index (χ3n) is 11.8. The molecule has 0 spiro atoms. The number of hydrogen-bond acceptors (Lipinski definition) is 6. The highest BCUT2D eigenvalue weighted by atomic mass is 16.6. The van der Waals surface area contributed by atoms with Crippen molar-refractivity contribution in [3.8, 4) is 0 Å². The van der Waals surface area contributed by atoms with Crippen molar-refractivity contribution in [3.05, 3.63) is 97.2 Å². The Kier molecular flexibility index (Phi) is 52.9. The molecular formula is C62H104O6. The molecule has 68 heavy (non-hydrogen) atoms. The monoisotopic (exact) mass is 945 g/mol. The van der Waals surface area contributed by atoms with Crippen LogP contribution < -0.4 is 0 Å². The van der Waals surface area contributed by atoms with E-state index in [-0.39, 0.29) is 31.1 Å². The molecule has 0 N–H and O–H groups in total. The predicted molar refractivity (Wildman–Crippen MR) is 293 cm³/mol. The Bertz CT molecular complexity index is 1360. The summed E-state index contributed by atoms with van der Waals surface area (Å²) < 4.78 is 16.8. The van der Waals surface area contributed by atoms with Crippen LogP contribution in [-0.4, -0.2) is 37.2 Å². The average molecular weight is 946 g/mol. The lowest BCUT2D eigenvalue weighted by Crippen LogP contribution is -2.30. The third kappa shape index (κ3) is 53.3. The fourth-order valence-electron chi connectivity index (χ4n) is 7.66. The van der Waals surface area contributed by atoms with Crippen LogP contribution in [0.5, 0.6) is 0 Å². The molecule has 0 heterocycles. The lowest BCUT2D eigenvalue weighted by Gasteiger charge is -2.18. The summed E-state index contributed by atoms with van der Waals surface area (Å²) >= 11 is 0. The number of allylic oxidation sites excluding steroid dienone is 16. The van der Waals surface area contributed by atoms with Gasteiger partial charge in [0.1, 0.15) is 13.2 Å². The first-order valence-corrected chi connectivity index (χ1v) is 28.2. The van der Waals surface area contributed by atoms with Crippen LogP contribution in [0.3, 0.4) is 0 Å². The lowest BCUT2D eigenvalue weighted by atomic mass is 10.0. The molecule has 0 aliphatic heterocycles. The second kappa shape index (κ2) is 55.9. The van der Waals surface area contributed by atoms with E-state index in [1.807, 2.05) is 0 Å². The fourth-order valence-corrected chi connectivity index (χ4v) is 7.66. The van der Waals surface area contributed by atoms with Gasteiger partial charge in [-0.25, -0.2) is 0 Å². The van der Waals surface area contributed by atoms with Crippen LogP contribution >= 0.6 is 0 Å². The molecule has 1 unspecified atom stereocenters. The maximum atomic E-state index is 12.8. The predicted octanol–water partition coefficient (Wildman–Crippen LogP) is 18.9. The van der Waals surface area contributed by atoms with Gasteiger partial charge in [0, 0.05) is 19.3 Å². The highest BCUT2D eigenvalue weighted by Gasteiger charge is 2.19. The van der Waals surface area contributed by atoms with Gasteiger partial charge >= 0.3 is 17.9 Å². The Morgan fingerprint density at radius 3 is 0.897 bits per heavy atom. The Morgan fingerprint density at radius 1 is 0.309 bits per heavy atom. The minimum absolute atomic E-state index is 0.0889. The summed E-state index contributed by atoms with van der Waals surface area (Å²) in [4.78, 5) is 38.1. The van der Waals surface area contributed by atoms with E-state index >= 15 is 0 Å². The number of unbranched alkanes of at least 4 members (excludes halogenated alkanes) is 23. The fraction of sp³-hybridized carbons (Fsp3) is 0.694. The smallest absolute Gasteiger partial charge is 0.306 e. The Labute approximate surface area is 419 Å². The maximum absolute atomic E-state index is 12.8. The third-order valence-corrected chi connectivity index (χ3v) is 11.8. The summed E-state index contributed by atoms with van der Waals surface area (Å²) in [6.07, 6.45) is 73.9. The summed E-state index contributed by atoms with van der Waals surface area (Å²) in [6, 6.07) is 0. The molecule has 0 saturated heterocycles. The number of carbonyl (C=O) groups excluding carboxylic acids is 3. The highest BCUT2D eigenvalue weighted by molar-refractivity contribution is 5.71. The first-order chi connectivity index (χ1) is 33.5. The van der Waals surface area contributed by atoms with Crippen molar-refractivity contribution in [3.63, 3.8) is 0 Å². The molecule has 0 aliphatic rings. The SMILES string of the molecule is CC/C=C\C/C=C\C/C=C\C/C=C\CCCCCCCCCCC(=O)OCC(COC(=O)CCCCCCCCCCCCCC)OC(=O)CCCCCC/C=C\C/C=C\C/C=C\C/C=C\CC. The topological polar surface area (TPSA) is 78.9 Å². The molecule has 0 aromatic heterocycles. The minimum Gasteiger partial charge on any atom is -0.462 e. The van der Waals surface area contributed by atoms with E-state index < -0.39 is 6.10 Å². The first-order valence-electron chi connectivity index (χ1n) is 28.2. The van der Waals surface area contributed by atoms with Gasteiger partial charge in [0.25, 0.3) is 0 Å². The minimum atomic E-state index is -0.793. The second-order valence-electron chi connectivity index (χ2n) is 18.4. The summed E-state index contributed by atoms with van der Waals surface area (Å²) in [6.45, 7) is 6.39. The zero-order valence-electron chi connectivity index (χ0n) is 44.3. The highest BCUT2D eigenvalue weighted by Crippen LogP contribution is 2.15. The van der Waals surface area contributed by atoms with Crippen molar-refractivity contribution in [1.82, 2.24) is 0 Å². The Morgan fingerprint density at radius 2 is 0.574 bits per heavy atom. The molecule has 0 radical (unpaired) electrons. The second-order valence-corrected chi connectivity index (χ2v) is 18.4. The van der Waals surface area contributed by atoms with Crippen LogP contribution in [0.2, 0.25) is 0 Å². The molecule has 0 fully saturated rings. The van der Waals surface area contributed by atoms with Crippen molar-refractivity contribution in [2.75, 3.05) is 13.2 Å². The normalized spacial score (nSPS) is 12.8. The van der Waals surface area contributed by atoms with Gasteiger partial charge in [-0.05, 0) is 96.3 Å². The van der Waals surface area contributed by atoms with Crippen molar-refractivity contribution in [2.24, 2.45) is 0 Å². The van der Waals surface area contributed by atoms with Crippen molar-refractivity contribution >= 4 is 17.9 Å². The molecule has 0 amide bonds. The molecule has 6 nitrogen and oxygen atoms in total. The van der Waals surface area contributed by atoms with Crippen molar-refractivity contribution < 1.29 is 28.6 Å². The molecule has 0 aromatic rings. The lowest BCUT2D eigenvalue weighted by molar-refractivity contribution is -0.167. The largest absolute Gasteiger partial charge is 0.462 e. The van der Waals surface area contributed by atoms with Crippen LogP contribution in [0.25, 0.3) is 0 Å². The van der Waals surface area contributed by atoms with Crippen molar-refractivity contribution in [1.29, 1.82) is 0 Å². The van der Waals surface area contributed by atoms with Gasteiger partial charge < -0.3 is 14.2 Å². The van der Waals surface area contributed by atoms with E-state index in [0.717, 1.165) is 128 Å². The molecule has 6 heteroatoms. The standard InChI is InChI=1S/C62H104O6/c1-4-7-10-13-16-19-22-25-27-29-30-31-32-34-35-37-40-43-46-49-52-55-61(64)67-58-59(57-66-60(63)54-51-48-45-42-39-24-21-18-15-12-9-6-3)68-62(65)56-53-50-47-44-41-38-36-33-28-26-23-20-17-14-11-8-5-2/h7-8,10-11,16-17,19-20,25-28,30-31,36,38,59H,4-6,9,12-15,18,21-24,29,32-35,37,39-58H2,1-3H3/b10-7-,11-8-,19-16-,20-17-,27-25-,28-26-,31-30-,38-36-. The summed E-state index contributed by atoms with van der Waals surface area (Å²) in [7, 11) is 0.